The summed E-state index contributed by atoms with van der Waals surface area (Å²) in [6.07, 6.45) is -4.22. The van der Waals surface area contributed by atoms with Crippen LogP contribution in [0.15, 0.2) is 115 Å². The average molecular weight is 534 g/mol. The van der Waals surface area contributed by atoms with Gasteiger partial charge in [0.1, 0.15) is 17.7 Å². The lowest BCUT2D eigenvalue weighted by Gasteiger charge is -2.29. The highest BCUT2D eigenvalue weighted by molar-refractivity contribution is 5.64. The van der Waals surface area contributed by atoms with Gasteiger partial charge >= 0.3 is 6.18 Å². The second kappa shape index (κ2) is 12.2. The predicted octanol–water partition coefficient (Wildman–Crippen LogP) is 9.27. The van der Waals surface area contributed by atoms with Crippen LogP contribution in [0.25, 0.3) is 11.1 Å². The Kier molecular flexibility index (Phi) is 8.75. The van der Waals surface area contributed by atoms with E-state index in [2.05, 4.69) is 6.58 Å². The number of benzene rings is 4. The first-order chi connectivity index (χ1) is 18.6. The topological polar surface area (TPSA) is 12.5 Å². The number of nitrogens with zero attached hydrogens (tertiary/aromatic N) is 1. The molecule has 0 saturated heterocycles. The van der Waals surface area contributed by atoms with Crippen LogP contribution in [0, 0.1) is 5.82 Å². The van der Waals surface area contributed by atoms with Crippen LogP contribution in [0.5, 0.6) is 5.75 Å². The van der Waals surface area contributed by atoms with Gasteiger partial charge in [-0.3, -0.25) is 0 Å². The van der Waals surface area contributed by atoms with Gasteiger partial charge in [0.25, 0.3) is 0 Å². The van der Waals surface area contributed by atoms with Crippen LogP contribution in [0.2, 0.25) is 0 Å². The highest BCUT2D eigenvalue weighted by Crippen LogP contribution is 2.33. The van der Waals surface area contributed by atoms with Crippen LogP contribution in [0.4, 0.5) is 17.6 Å². The van der Waals surface area contributed by atoms with E-state index >= 15 is 0 Å². The van der Waals surface area contributed by atoms with E-state index < -0.39 is 11.7 Å². The standard InChI is InChI=1S/C33H31F4NO/c1-23(27-14-19-30(31(34)22-27)25-10-6-4-7-11-25)24(2)38(3)21-20-32(26-12-8-5-9-13-26)39-29-17-15-28(16-18-29)33(35,36)37/h4-19,22-23,32H,2,20-21H2,1,3H3/t23-,32-/m1/s1. The smallest absolute Gasteiger partial charge is 0.416 e. The minimum atomic E-state index is -4.40. The molecule has 0 spiro atoms. The van der Waals surface area contributed by atoms with Gasteiger partial charge < -0.3 is 9.64 Å². The van der Waals surface area contributed by atoms with Gasteiger partial charge in [-0.2, -0.15) is 13.2 Å². The number of hydrogen-bond acceptors (Lipinski definition) is 2. The van der Waals surface area contributed by atoms with Gasteiger partial charge in [0.2, 0.25) is 0 Å². The van der Waals surface area contributed by atoms with E-state index in [1.165, 1.54) is 12.1 Å². The quantitative estimate of drug-likeness (QED) is 0.188. The van der Waals surface area contributed by atoms with Crippen molar-refractivity contribution in [3.05, 3.63) is 138 Å². The average Bonchev–Trinajstić information content (AvgIpc) is 2.95. The molecule has 0 aliphatic rings. The lowest BCUT2D eigenvalue weighted by molar-refractivity contribution is -0.137. The fraction of sp³-hybridized carbons (Fsp3) is 0.212. The van der Waals surface area contributed by atoms with Gasteiger partial charge in [0.15, 0.2) is 0 Å². The number of rotatable bonds is 10. The number of allylic oxidation sites excluding steroid dienone is 1. The van der Waals surface area contributed by atoms with E-state index in [1.807, 2.05) is 85.6 Å². The molecule has 0 fully saturated rings. The highest BCUT2D eigenvalue weighted by Gasteiger charge is 2.30. The zero-order valence-electron chi connectivity index (χ0n) is 22.0. The molecule has 6 heteroatoms. The predicted molar refractivity (Wildman–Crippen MR) is 148 cm³/mol. The Balaban J connectivity index is 1.44. The van der Waals surface area contributed by atoms with Gasteiger partial charge in [-0.15, -0.1) is 0 Å². The summed E-state index contributed by atoms with van der Waals surface area (Å²) in [5.74, 6) is -0.0453. The molecule has 4 aromatic carbocycles. The summed E-state index contributed by atoms with van der Waals surface area (Å²) in [6, 6.07) is 29.0. The third-order valence-corrected chi connectivity index (χ3v) is 6.93. The first-order valence-electron chi connectivity index (χ1n) is 12.8. The Morgan fingerprint density at radius 2 is 1.46 bits per heavy atom. The molecule has 39 heavy (non-hydrogen) atoms. The third-order valence-electron chi connectivity index (χ3n) is 6.93. The fourth-order valence-electron chi connectivity index (χ4n) is 4.48. The summed E-state index contributed by atoms with van der Waals surface area (Å²) >= 11 is 0. The number of likely N-dealkylation sites (N-methyl/N-ethyl adjacent to an activating group) is 1. The Morgan fingerprint density at radius 1 is 0.846 bits per heavy atom. The lowest BCUT2D eigenvalue weighted by atomic mass is 9.94. The Hall–Kier alpha value is -4.06. The number of alkyl halides is 3. The summed E-state index contributed by atoms with van der Waals surface area (Å²) < 4.78 is 60.0. The Bertz CT molecular complexity index is 1370. The molecule has 0 N–H and O–H groups in total. The fourth-order valence-corrected chi connectivity index (χ4v) is 4.48. The molecule has 2 nitrogen and oxygen atoms in total. The summed E-state index contributed by atoms with van der Waals surface area (Å²) in [5, 5.41) is 0. The van der Waals surface area contributed by atoms with Crippen molar-refractivity contribution >= 4 is 0 Å². The van der Waals surface area contributed by atoms with Gasteiger partial charge in [-0.25, -0.2) is 4.39 Å². The monoisotopic (exact) mass is 533 g/mol. The minimum absolute atomic E-state index is 0.125. The van der Waals surface area contributed by atoms with Crippen LogP contribution in [-0.4, -0.2) is 18.5 Å². The molecule has 0 radical (unpaired) electrons. The van der Waals surface area contributed by atoms with Gasteiger partial charge in [-0.05, 0) is 47.0 Å². The SMILES string of the molecule is C=C([C@@H](C)c1ccc(-c2ccccc2)c(F)c1)N(C)CC[C@@H](Oc1ccc(C(F)(F)F)cc1)c1ccccc1. The minimum Gasteiger partial charge on any atom is -0.486 e. The normalized spacial score (nSPS) is 13.0. The molecule has 202 valence electrons. The molecule has 0 saturated carbocycles. The largest absolute Gasteiger partial charge is 0.486 e. The Labute approximate surface area is 227 Å². The number of ether oxygens (including phenoxy) is 1. The number of hydrogen-bond donors (Lipinski definition) is 0. The molecule has 0 heterocycles. The second-order valence-corrected chi connectivity index (χ2v) is 9.57. The number of halogens is 4. The molecule has 4 rings (SSSR count). The lowest BCUT2D eigenvalue weighted by Crippen LogP contribution is -2.24. The van der Waals surface area contributed by atoms with Gasteiger partial charge in [-0.1, -0.05) is 86.3 Å². The van der Waals surface area contributed by atoms with Crippen molar-refractivity contribution in [2.24, 2.45) is 0 Å². The van der Waals surface area contributed by atoms with Crippen molar-refractivity contribution in [3.63, 3.8) is 0 Å². The molecule has 0 unspecified atom stereocenters. The van der Waals surface area contributed by atoms with Crippen LogP contribution in [0.3, 0.4) is 0 Å². The first-order valence-corrected chi connectivity index (χ1v) is 12.8. The second-order valence-electron chi connectivity index (χ2n) is 9.57. The molecule has 0 aliphatic heterocycles. The maximum Gasteiger partial charge on any atom is 0.416 e. The van der Waals surface area contributed by atoms with Crippen molar-refractivity contribution in [1.29, 1.82) is 0 Å². The van der Waals surface area contributed by atoms with Crippen LogP contribution in [0.1, 0.15) is 42.1 Å². The van der Waals surface area contributed by atoms with E-state index in [9.17, 15) is 17.6 Å². The van der Waals surface area contributed by atoms with E-state index in [0.717, 1.165) is 34.5 Å². The van der Waals surface area contributed by atoms with Crippen molar-refractivity contribution in [2.75, 3.05) is 13.6 Å². The molecule has 2 atom stereocenters. The maximum absolute atomic E-state index is 15.0. The van der Waals surface area contributed by atoms with Crippen molar-refractivity contribution in [3.8, 4) is 16.9 Å². The molecule has 4 aromatic rings. The molecule has 0 amide bonds. The van der Waals surface area contributed by atoms with E-state index in [-0.39, 0.29) is 17.8 Å². The summed E-state index contributed by atoms with van der Waals surface area (Å²) in [7, 11) is 1.92. The maximum atomic E-state index is 15.0. The molecular weight excluding hydrogens is 502 g/mol. The zero-order valence-corrected chi connectivity index (χ0v) is 22.0. The molecule has 0 bridgehead atoms. The van der Waals surface area contributed by atoms with Crippen molar-refractivity contribution < 1.29 is 22.3 Å². The van der Waals surface area contributed by atoms with E-state index in [4.69, 9.17) is 4.74 Å². The summed E-state index contributed by atoms with van der Waals surface area (Å²) in [5.41, 5.74) is 3.22. The van der Waals surface area contributed by atoms with Crippen molar-refractivity contribution in [2.45, 2.75) is 31.5 Å². The van der Waals surface area contributed by atoms with Crippen molar-refractivity contribution in [1.82, 2.24) is 4.90 Å². The zero-order chi connectivity index (χ0) is 28.0. The van der Waals surface area contributed by atoms with Crippen LogP contribution < -0.4 is 4.74 Å². The Morgan fingerprint density at radius 3 is 2.05 bits per heavy atom. The molecule has 0 aromatic heterocycles. The van der Waals surface area contributed by atoms with Crippen LogP contribution in [-0.2, 0) is 6.18 Å². The molecule has 0 aliphatic carbocycles. The first kappa shape index (κ1) is 28.0. The van der Waals surface area contributed by atoms with Crippen LogP contribution >= 0.6 is 0 Å². The highest BCUT2D eigenvalue weighted by atomic mass is 19.4. The third kappa shape index (κ3) is 7.08. The molecular formula is C33H31F4NO. The van der Waals surface area contributed by atoms with E-state index in [0.29, 0.717) is 24.3 Å². The van der Waals surface area contributed by atoms with Gasteiger partial charge in [0.05, 0.1) is 5.56 Å². The van der Waals surface area contributed by atoms with Gasteiger partial charge in [0, 0.05) is 37.2 Å². The summed E-state index contributed by atoms with van der Waals surface area (Å²) in [6.45, 7) is 6.83. The van der Waals surface area contributed by atoms with E-state index in [1.54, 1.807) is 12.1 Å². The summed E-state index contributed by atoms with van der Waals surface area (Å²) in [4.78, 5) is 2.01.